The first kappa shape index (κ1) is 15.0. The lowest BCUT2D eigenvalue weighted by molar-refractivity contribution is -0.120. The monoisotopic (exact) mass is 288 g/mol. The number of aryl methyl sites for hydroxylation is 1. The van der Waals surface area contributed by atoms with Crippen LogP contribution in [0.2, 0.25) is 0 Å². The Morgan fingerprint density at radius 2 is 2.05 bits per heavy atom. The van der Waals surface area contributed by atoms with Crippen LogP contribution in [-0.2, 0) is 11.2 Å². The molecule has 2 aromatic rings. The first-order chi connectivity index (χ1) is 10.1. The number of hydrogen-bond acceptors (Lipinski definition) is 5. The molecule has 1 atom stereocenters. The van der Waals surface area contributed by atoms with Crippen LogP contribution in [0.25, 0.3) is 0 Å². The number of carbonyl (C=O) groups is 1. The van der Waals surface area contributed by atoms with Gasteiger partial charge in [-0.2, -0.15) is 4.98 Å². The summed E-state index contributed by atoms with van der Waals surface area (Å²) < 4.78 is 5.12. The average molecular weight is 288 g/mol. The standard InChI is InChI=1S/C15H20N4O2/c1-4-16-14(20)9-12-5-7-13(8-6-12)17-10(2)15-18-11(3)19-21-15/h5-8,10,17H,4,9H2,1-3H3,(H,16,20). The molecule has 0 spiro atoms. The maximum atomic E-state index is 11.5. The summed E-state index contributed by atoms with van der Waals surface area (Å²) >= 11 is 0. The molecule has 0 radical (unpaired) electrons. The van der Waals surface area contributed by atoms with Gasteiger partial charge in [0, 0.05) is 12.2 Å². The van der Waals surface area contributed by atoms with Gasteiger partial charge in [-0.05, 0) is 38.5 Å². The fraction of sp³-hybridized carbons (Fsp3) is 0.400. The summed E-state index contributed by atoms with van der Waals surface area (Å²) in [6.07, 6.45) is 0.395. The number of benzene rings is 1. The topological polar surface area (TPSA) is 80.0 Å². The molecular weight excluding hydrogens is 268 g/mol. The zero-order chi connectivity index (χ0) is 15.2. The van der Waals surface area contributed by atoms with Crippen LogP contribution in [0.1, 0.15) is 37.2 Å². The van der Waals surface area contributed by atoms with Gasteiger partial charge in [-0.1, -0.05) is 17.3 Å². The molecule has 0 saturated heterocycles. The lowest BCUT2D eigenvalue weighted by atomic mass is 10.1. The molecule has 6 nitrogen and oxygen atoms in total. The van der Waals surface area contributed by atoms with Crippen LogP contribution in [0.15, 0.2) is 28.8 Å². The lowest BCUT2D eigenvalue weighted by Crippen LogP contribution is -2.24. The number of carbonyl (C=O) groups excluding carboxylic acids is 1. The van der Waals surface area contributed by atoms with Gasteiger partial charge >= 0.3 is 0 Å². The Bertz CT molecular complexity index is 592. The molecule has 1 aromatic heterocycles. The van der Waals surface area contributed by atoms with E-state index in [1.807, 2.05) is 38.1 Å². The molecule has 1 aromatic carbocycles. The molecule has 0 fully saturated rings. The van der Waals surface area contributed by atoms with E-state index in [0.29, 0.717) is 24.7 Å². The highest BCUT2D eigenvalue weighted by atomic mass is 16.5. The van der Waals surface area contributed by atoms with Crippen molar-refractivity contribution >= 4 is 11.6 Å². The summed E-state index contributed by atoms with van der Waals surface area (Å²) in [6, 6.07) is 7.68. The van der Waals surface area contributed by atoms with Crippen molar-refractivity contribution in [3.63, 3.8) is 0 Å². The van der Waals surface area contributed by atoms with Crippen molar-refractivity contribution < 1.29 is 9.32 Å². The van der Waals surface area contributed by atoms with Crippen LogP contribution < -0.4 is 10.6 Å². The highest BCUT2D eigenvalue weighted by Gasteiger charge is 2.12. The van der Waals surface area contributed by atoms with Gasteiger partial charge in [-0.15, -0.1) is 0 Å². The maximum Gasteiger partial charge on any atom is 0.248 e. The molecule has 0 saturated carbocycles. The molecule has 1 amide bonds. The van der Waals surface area contributed by atoms with E-state index in [4.69, 9.17) is 4.52 Å². The van der Waals surface area contributed by atoms with Gasteiger partial charge in [0.05, 0.1) is 6.42 Å². The van der Waals surface area contributed by atoms with Gasteiger partial charge in [0.1, 0.15) is 6.04 Å². The van der Waals surface area contributed by atoms with Gasteiger partial charge in [-0.3, -0.25) is 4.79 Å². The van der Waals surface area contributed by atoms with Crippen LogP contribution >= 0.6 is 0 Å². The quantitative estimate of drug-likeness (QED) is 0.852. The Hall–Kier alpha value is -2.37. The first-order valence-corrected chi connectivity index (χ1v) is 7.01. The molecule has 0 aliphatic carbocycles. The third-order valence-corrected chi connectivity index (χ3v) is 2.99. The van der Waals surface area contributed by atoms with Crippen molar-refractivity contribution in [1.29, 1.82) is 0 Å². The lowest BCUT2D eigenvalue weighted by Gasteiger charge is -2.11. The van der Waals surface area contributed by atoms with Crippen LogP contribution in [0.5, 0.6) is 0 Å². The predicted molar refractivity (Wildman–Crippen MR) is 79.9 cm³/mol. The van der Waals surface area contributed by atoms with E-state index < -0.39 is 0 Å². The highest BCUT2D eigenvalue weighted by Crippen LogP contribution is 2.18. The second-order valence-corrected chi connectivity index (χ2v) is 4.87. The Kier molecular flexibility index (Phi) is 4.92. The van der Waals surface area contributed by atoms with Crippen molar-refractivity contribution in [2.24, 2.45) is 0 Å². The number of likely N-dealkylation sites (N-methyl/N-ethyl adjacent to an activating group) is 1. The second kappa shape index (κ2) is 6.88. The minimum Gasteiger partial charge on any atom is -0.374 e. The Labute approximate surface area is 123 Å². The molecule has 2 N–H and O–H groups in total. The summed E-state index contributed by atoms with van der Waals surface area (Å²) in [5.74, 6) is 1.21. The molecule has 0 aliphatic rings. The number of rotatable bonds is 6. The minimum absolute atomic E-state index is 0.0351. The minimum atomic E-state index is -0.0690. The average Bonchev–Trinajstić information content (AvgIpc) is 2.88. The van der Waals surface area contributed by atoms with E-state index in [-0.39, 0.29) is 11.9 Å². The van der Waals surface area contributed by atoms with E-state index in [0.717, 1.165) is 11.3 Å². The van der Waals surface area contributed by atoms with Gasteiger partial charge in [0.25, 0.3) is 0 Å². The van der Waals surface area contributed by atoms with E-state index >= 15 is 0 Å². The third kappa shape index (κ3) is 4.30. The van der Waals surface area contributed by atoms with Crippen LogP contribution in [0, 0.1) is 6.92 Å². The Morgan fingerprint density at radius 3 is 2.62 bits per heavy atom. The van der Waals surface area contributed by atoms with E-state index in [1.54, 1.807) is 6.92 Å². The molecule has 1 unspecified atom stereocenters. The highest BCUT2D eigenvalue weighted by molar-refractivity contribution is 5.78. The Morgan fingerprint density at radius 1 is 1.33 bits per heavy atom. The normalized spacial score (nSPS) is 12.0. The van der Waals surface area contributed by atoms with Gasteiger partial charge in [-0.25, -0.2) is 0 Å². The predicted octanol–water partition coefficient (Wildman–Crippen LogP) is 2.23. The molecule has 1 heterocycles. The summed E-state index contributed by atoms with van der Waals surface area (Å²) in [6.45, 7) is 6.30. The number of anilines is 1. The second-order valence-electron chi connectivity index (χ2n) is 4.87. The molecular formula is C15H20N4O2. The molecule has 2 rings (SSSR count). The van der Waals surface area contributed by atoms with Crippen molar-refractivity contribution in [2.45, 2.75) is 33.2 Å². The van der Waals surface area contributed by atoms with E-state index in [1.165, 1.54) is 0 Å². The number of aromatic nitrogens is 2. The van der Waals surface area contributed by atoms with Crippen LogP contribution in [-0.4, -0.2) is 22.6 Å². The largest absolute Gasteiger partial charge is 0.374 e. The summed E-state index contributed by atoms with van der Waals surface area (Å²) in [4.78, 5) is 15.7. The number of hydrogen-bond donors (Lipinski definition) is 2. The van der Waals surface area contributed by atoms with Crippen LogP contribution in [0.4, 0.5) is 5.69 Å². The van der Waals surface area contributed by atoms with Crippen molar-refractivity contribution in [1.82, 2.24) is 15.5 Å². The zero-order valence-electron chi connectivity index (χ0n) is 12.5. The Balaban J connectivity index is 1.94. The molecule has 21 heavy (non-hydrogen) atoms. The van der Waals surface area contributed by atoms with Crippen LogP contribution in [0.3, 0.4) is 0 Å². The number of nitrogens with one attached hydrogen (secondary N) is 2. The van der Waals surface area contributed by atoms with E-state index in [2.05, 4.69) is 20.8 Å². The van der Waals surface area contributed by atoms with E-state index in [9.17, 15) is 4.79 Å². The third-order valence-electron chi connectivity index (χ3n) is 2.99. The smallest absolute Gasteiger partial charge is 0.248 e. The zero-order valence-corrected chi connectivity index (χ0v) is 12.5. The SMILES string of the molecule is CCNC(=O)Cc1ccc(NC(C)c2nc(C)no2)cc1. The molecule has 6 heteroatoms. The van der Waals surface area contributed by atoms with Gasteiger partial charge < -0.3 is 15.2 Å². The van der Waals surface area contributed by atoms with Crippen molar-refractivity contribution in [2.75, 3.05) is 11.9 Å². The number of amides is 1. The van der Waals surface area contributed by atoms with Gasteiger partial charge in [0.15, 0.2) is 5.82 Å². The number of nitrogens with zero attached hydrogens (tertiary/aromatic N) is 2. The van der Waals surface area contributed by atoms with Crippen molar-refractivity contribution in [3.05, 3.63) is 41.5 Å². The fourth-order valence-corrected chi connectivity index (χ4v) is 1.96. The maximum absolute atomic E-state index is 11.5. The summed E-state index contributed by atoms with van der Waals surface area (Å²) in [5, 5.41) is 9.84. The fourth-order valence-electron chi connectivity index (χ4n) is 1.96. The molecule has 112 valence electrons. The van der Waals surface area contributed by atoms with Crippen molar-refractivity contribution in [3.8, 4) is 0 Å². The molecule has 0 bridgehead atoms. The first-order valence-electron chi connectivity index (χ1n) is 7.01. The molecule has 0 aliphatic heterocycles. The summed E-state index contributed by atoms with van der Waals surface area (Å²) in [7, 11) is 0. The summed E-state index contributed by atoms with van der Waals surface area (Å²) in [5.41, 5.74) is 1.92. The van der Waals surface area contributed by atoms with Gasteiger partial charge in [0.2, 0.25) is 11.8 Å².